The summed E-state index contributed by atoms with van der Waals surface area (Å²) >= 11 is 1.16. The van der Waals surface area contributed by atoms with E-state index in [0.717, 1.165) is 16.9 Å². The third-order valence-corrected chi connectivity index (χ3v) is 3.43. The highest BCUT2D eigenvalue weighted by atomic mass is 32.1. The molecule has 0 spiro atoms. The minimum absolute atomic E-state index is 0.120. The van der Waals surface area contributed by atoms with Crippen molar-refractivity contribution in [3.05, 3.63) is 29.1 Å². The number of phenolic OH excluding ortho intramolecular Hbond substituents is 1. The molecule has 0 bridgehead atoms. The number of hydrogen-bond acceptors (Lipinski definition) is 5. The molecule has 0 aliphatic rings. The molecule has 0 atom stereocenters. The molecular weight excluding hydrogens is 238 g/mol. The van der Waals surface area contributed by atoms with E-state index in [2.05, 4.69) is 4.98 Å². The van der Waals surface area contributed by atoms with Crippen LogP contribution in [0.15, 0.2) is 24.3 Å². The van der Waals surface area contributed by atoms with E-state index in [1.54, 1.807) is 19.1 Å². The van der Waals surface area contributed by atoms with Crippen LogP contribution in [0.4, 0.5) is 0 Å². The molecule has 0 aliphatic carbocycles. The Hall–Kier alpha value is -1.88. The van der Waals surface area contributed by atoms with Crippen molar-refractivity contribution in [3.8, 4) is 22.2 Å². The fourth-order valence-corrected chi connectivity index (χ4v) is 2.36. The Morgan fingerprint density at radius 2 is 1.94 bits per heavy atom. The summed E-state index contributed by atoms with van der Waals surface area (Å²) in [6.07, 6.45) is 0.338. The first kappa shape index (κ1) is 11.6. The summed E-state index contributed by atoms with van der Waals surface area (Å²) < 4.78 is 0. The molecule has 0 amide bonds. The maximum absolute atomic E-state index is 11.5. The highest BCUT2D eigenvalue weighted by Gasteiger charge is 2.16. The molecule has 1 aromatic heterocycles. The number of thiazole rings is 1. The van der Waals surface area contributed by atoms with Crippen molar-refractivity contribution in [2.24, 2.45) is 0 Å². The highest BCUT2D eigenvalue weighted by molar-refractivity contribution is 7.17. The van der Waals surface area contributed by atoms with Crippen LogP contribution < -0.4 is 0 Å². The Morgan fingerprint density at radius 1 is 1.29 bits per heavy atom. The van der Waals surface area contributed by atoms with E-state index in [4.69, 9.17) is 5.11 Å². The molecule has 0 fully saturated rings. The lowest BCUT2D eigenvalue weighted by atomic mass is 10.2. The predicted molar refractivity (Wildman–Crippen MR) is 65.5 cm³/mol. The number of hydrogen-bond donors (Lipinski definition) is 2. The molecule has 0 saturated heterocycles. The lowest BCUT2D eigenvalue weighted by Crippen LogP contribution is -1.92. The second-order valence-electron chi connectivity index (χ2n) is 3.50. The number of carbonyl (C=O) groups is 1. The number of ketones is 1. The fraction of sp³-hybridized carbons (Fsp3) is 0.167. The summed E-state index contributed by atoms with van der Waals surface area (Å²) in [5.41, 5.74) is 0.762. The zero-order chi connectivity index (χ0) is 12.4. The number of nitrogens with zero attached hydrogens (tertiary/aromatic N) is 1. The van der Waals surface area contributed by atoms with Gasteiger partial charge in [-0.25, -0.2) is 4.98 Å². The third-order valence-electron chi connectivity index (χ3n) is 2.30. The Bertz CT molecular complexity index is 545. The van der Waals surface area contributed by atoms with E-state index >= 15 is 0 Å². The predicted octanol–water partition coefficient (Wildman–Crippen LogP) is 2.81. The highest BCUT2D eigenvalue weighted by Crippen LogP contribution is 2.33. The van der Waals surface area contributed by atoms with E-state index in [-0.39, 0.29) is 22.3 Å². The van der Waals surface area contributed by atoms with Gasteiger partial charge in [0.1, 0.15) is 15.6 Å². The lowest BCUT2D eigenvalue weighted by Gasteiger charge is -1.95. The van der Waals surface area contributed by atoms with Gasteiger partial charge in [-0.1, -0.05) is 6.92 Å². The lowest BCUT2D eigenvalue weighted by molar-refractivity contribution is 0.0989. The van der Waals surface area contributed by atoms with Crippen molar-refractivity contribution in [2.75, 3.05) is 0 Å². The van der Waals surface area contributed by atoms with Crippen LogP contribution in [0.1, 0.15) is 23.0 Å². The van der Waals surface area contributed by atoms with E-state index < -0.39 is 0 Å². The van der Waals surface area contributed by atoms with Crippen LogP contribution in [-0.4, -0.2) is 21.0 Å². The summed E-state index contributed by atoms with van der Waals surface area (Å²) in [7, 11) is 0. The van der Waals surface area contributed by atoms with Crippen molar-refractivity contribution in [2.45, 2.75) is 13.3 Å². The number of benzene rings is 1. The minimum atomic E-state index is -0.218. The molecule has 1 aromatic carbocycles. The van der Waals surface area contributed by atoms with Gasteiger partial charge in [0.15, 0.2) is 5.78 Å². The fourth-order valence-electron chi connectivity index (χ4n) is 1.38. The van der Waals surface area contributed by atoms with Gasteiger partial charge in [-0.05, 0) is 24.3 Å². The first-order valence-corrected chi connectivity index (χ1v) is 5.96. The molecule has 4 nitrogen and oxygen atoms in total. The maximum Gasteiger partial charge on any atom is 0.233 e. The third kappa shape index (κ3) is 2.29. The molecule has 0 unspecified atom stereocenters. The molecule has 2 aromatic rings. The summed E-state index contributed by atoms with van der Waals surface area (Å²) in [6.45, 7) is 1.74. The Morgan fingerprint density at radius 3 is 2.53 bits per heavy atom. The Kier molecular flexibility index (Phi) is 3.10. The van der Waals surface area contributed by atoms with Gasteiger partial charge in [-0.3, -0.25) is 4.79 Å². The summed E-state index contributed by atoms with van der Waals surface area (Å²) in [5, 5.41) is 19.3. The van der Waals surface area contributed by atoms with Crippen LogP contribution in [0, 0.1) is 0 Å². The van der Waals surface area contributed by atoms with Gasteiger partial charge < -0.3 is 10.2 Å². The standard InChI is InChI=1S/C12H11NO3S/c1-2-9(15)10-11(16)13-12(17-10)7-3-5-8(14)6-4-7/h3-6,14,16H,2H2,1H3. The van der Waals surface area contributed by atoms with Crippen molar-refractivity contribution in [1.82, 2.24) is 4.98 Å². The average Bonchev–Trinajstić information content (AvgIpc) is 2.71. The second-order valence-corrected chi connectivity index (χ2v) is 4.49. The van der Waals surface area contributed by atoms with Gasteiger partial charge in [0.2, 0.25) is 5.88 Å². The number of aromatic hydroxyl groups is 2. The van der Waals surface area contributed by atoms with Crippen LogP contribution in [0.25, 0.3) is 10.6 Å². The van der Waals surface area contributed by atoms with Gasteiger partial charge in [0.25, 0.3) is 0 Å². The second kappa shape index (κ2) is 4.55. The first-order chi connectivity index (χ1) is 8.11. The molecule has 17 heavy (non-hydrogen) atoms. The van der Waals surface area contributed by atoms with Crippen molar-refractivity contribution < 1.29 is 15.0 Å². The SMILES string of the molecule is CCC(=O)c1sc(-c2ccc(O)cc2)nc1O. The van der Waals surface area contributed by atoms with Gasteiger partial charge in [0.05, 0.1) is 0 Å². The number of rotatable bonds is 3. The van der Waals surface area contributed by atoms with E-state index in [1.165, 1.54) is 12.1 Å². The zero-order valence-electron chi connectivity index (χ0n) is 9.17. The molecule has 88 valence electrons. The van der Waals surface area contributed by atoms with Crippen LogP contribution in [0.3, 0.4) is 0 Å². The van der Waals surface area contributed by atoms with Crippen LogP contribution >= 0.6 is 11.3 Å². The zero-order valence-corrected chi connectivity index (χ0v) is 9.99. The maximum atomic E-state index is 11.5. The summed E-state index contributed by atoms with van der Waals surface area (Å²) in [4.78, 5) is 15.7. The number of Topliss-reactive ketones (excluding diaryl/α,β-unsaturated/α-hetero) is 1. The molecular formula is C12H11NO3S. The number of phenols is 1. The van der Waals surface area contributed by atoms with Crippen molar-refractivity contribution in [3.63, 3.8) is 0 Å². The monoisotopic (exact) mass is 249 g/mol. The Labute approximate surface area is 102 Å². The molecule has 2 rings (SSSR count). The molecule has 0 aliphatic heterocycles. The molecule has 0 saturated carbocycles. The van der Waals surface area contributed by atoms with Gasteiger partial charge in [-0.15, -0.1) is 11.3 Å². The van der Waals surface area contributed by atoms with E-state index in [1.807, 2.05) is 0 Å². The number of aromatic nitrogens is 1. The van der Waals surface area contributed by atoms with E-state index in [9.17, 15) is 9.90 Å². The summed E-state index contributed by atoms with van der Waals surface area (Å²) in [6, 6.07) is 6.45. The largest absolute Gasteiger partial charge is 0.508 e. The smallest absolute Gasteiger partial charge is 0.233 e. The molecule has 5 heteroatoms. The van der Waals surface area contributed by atoms with Crippen molar-refractivity contribution in [1.29, 1.82) is 0 Å². The Balaban J connectivity index is 2.41. The van der Waals surface area contributed by atoms with Gasteiger partial charge in [-0.2, -0.15) is 0 Å². The number of carbonyl (C=O) groups excluding carboxylic acids is 1. The van der Waals surface area contributed by atoms with Crippen LogP contribution in [-0.2, 0) is 0 Å². The first-order valence-electron chi connectivity index (χ1n) is 5.14. The average molecular weight is 249 g/mol. The normalized spacial score (nSPS) is 10.4. The quantitative estimate of drug-likeness (QED) is 0.820. The van der Waals surface area contributed by atoms with Crippen molar-refractivity contribution >= 4 is 17.1 Å². The topological polar surface area (TPSA) is 70.4 Å². The molecule has 0 radical (unpaired) electrons. The van der Waals surface area contributed by atoms with E-state index in [0.29, 0.717) is 11.4 Å². The van der Waals surface area contributed by atoms with Crippen LogP contribution in [0.2, 0.25) is 0 Å². The van der Waals surface area contributed by atoms with Crippen LogP contribution in [0.5, 0.6) is 11.6 Å². The van der Waals surface area contributed by atoms with Gasteiger partial charge in [0, 0.05) is 12.0 Å². The molecule has 1 heterocycles. The van der Waals surface area contributed by atoms with Gasteiger partial charge >= 0.3 is 0 Å². The summed E-state index contributed by atoms with van der Waals surface area (Å²) in [5.74, 6) is -0.172. The molecule has 2 N–H and O–H groups in total. The minimum Gasteiger partial charge on any atom is -0.508 e.